The monoisotopic (exact) mass is 642 g/mol. The van der Waals surface area contributed by atoms with Crippen LogP contribution in [0.15, 0.2) is 95.3 Å². The largest absolute Gasteiger partial charge is 0.466 e. The van der Waals surface area contributed by atoms with Crippen molar-refractivity contribution in [3.8, 4) is 0 Å². The van der Waals surface area contributed by atoms with Crippen LogP contribution in [0.4, 0.5) is 0 Å². The van der Waals surface area contributed by atoms with Gasteiger partial charge in [-0.2, -0.15) is 0 Å². The number of esters is 2. The van der Waals surface area contributed by atoms with Crippen molar-refractivity contribution in [2.45, 2.75) is 57.8 Å². The lowest BCUT2D eigenvalue weighted by Gasteiger charge is -2.43. The van der Waals surface area contributed by atoms with Gasteiger partial charge in [0.15, 0.2) is 0 Å². The van der Waals surface area contributed by atoms with Crippen LogP contribution in [0.1, 0.15) is 66.3 Å². The molecule has 2 aliphatic heterocycles. The minimum Gasteiger partial charge on any atom is -0.466 e. The third-order valence-electron chi connectivity index (χ3n) is 9.22. The zero-order valence-electron chi connectivity index (χ0n) is 27.5. The maximum atomic E-state index is 13.4. The van der Waals surface area contributed by atoms with Gasteiger partial charge in [-0.3, -0.25) is 0 Å². The molecule has 244 valence electrons. The number of benzene rings is 2. The summed E-state index contributed by atoms with van der Waals surface area (Å²) in [6, 6.07) is 25.9. The number of aryl methyl sites for hydroxylation is 1. The van der Waals surface area contributed by atoms with Crippen molar-refractivity contribution in [1.82, 2.24) is 10.2 Å². The van der Waals surface area contributed by atoms with Gasteiger partial charge in [0.05, 0.1) is 30.8 Å². The lowest BCUT2D eigenvalue weighted by Crippen LogP contribution is -2.43. The summed E-state index contributed by atoms with van der Waals surface area (Å²) in [6.45, 7) is 10.2. The summed E-state index contributed by atoms with van der Waals surface area (Å²) in [6.07, 6.45) is 3.77. The van der Waals surface area contributed by atoms with E-state index in [0.717, 1.165) is 48.7 Å². The number of carbonyl (C=O) groups excluding carboxylic acids is 2. The number of nitrogens with one attached hydrogen (secondary N) is 1. The van der Waals surface area contributed by atoms with Gasteiger partial charge >= 0.3 is 11.9 Å². The first-order valence-corrected chi connectivity index (χ1v) is 17.1. The minimum atomic E-state index is -0.531. The van der Waals surface area contributed by atoms with E-state index in [-0.39, 0.29) is 12.0 Å². The number of hydrogen-bond donors (Lipinski definition) is 1. The van der Waals surface area contributed by atoms with Gasteiger partial charge in [-0.15, -0.1) is 11.3 Å². The number of nitrogens with zero attached hydrogens (tertiary/aromatic N) is 1. The van der Waals surface area contributed by atoms with Crippen LogP contribution in [0.25, 0.3) is 0 Å². The van der Waals surface area contributed by atoms with Gasteiger partial charge in [-0.05, 0) is 76.4 Å². The Morgan fingerprint density at radius 2 is 1.39 bits per heavy atom. The fourth-order valence-corrected chi connectivity index (χ4v) is 7.85. The number of rotatable bonds is 13. The van der Waals surface area contributed by atoms with Crippen LogP contribution in [0.3, 0.4) is 0 Å². The van der Waals surface area contributed by atoms with Crippen LogP contribution in [0.2, 0.25) is 0 Å². The van der Waals surface area contributed by atoms with E-state index in [1.165, 1.54) is 18.2 Å². The first-order chi connectivity index (χ1) is 22.3. The normalized spacial score (nSPS) is 18.3. The summed E-state index contributed by atoms with van der Waals surface area (Å²) in [5.74, 6) is -1.41. The number of allylic oxidation sites excluding steroid dienone is 2. The summed E-state index contributed by atoms with van der Waals surface area (Å²) < 4.78 is 16.7. The van der Waals surface area contributed by atoms with E-state index in [1.807, 2.05) is 32.9 Å². The Hall–Kier alpha value is -3.72. The van der Waals surface area contributed by atoms with Crippen LogP contribution in [0.5, 0.6) is 0 Å². The van der Waals surface area contributed by atoms with Gasteiger partial charge in [0, 0.05) is 52.7 Å². The predicted molar refractivity (Wildman–Crippen MR) is 183 cm³/mol. The Bertz CT molecular complexity index is 1500. The lowest BCUT2D eigenvalue weighted by atomic mass is 9.68. The van der Waals surface area contributed by atoms with E-state index in [1.54, 1.807) is 11.3 Å². The fraction of sp³-hybridized carbons (Fsp3) is 0.421. The molecule has 3 heterocycles. The second-order valence-electron chi connectivity index (χ2n) is 12.2. The number of likely N-dealkylation sites (tertiary alicyclic amines) is 1. The zero-order valence-corrected chi connectivity index (χ0v) is 28.3. The average molecular weight is 643 g/mol. The molecule has 7 nitrogen and oxygen atoms in total. The summed E-state index contributed by atoms with van der Waals surface area (Å²) >= 11 is 1.56. The molecule has 1 aromatic heterocycles. The Kier molecular flexibility index (Phi) is 11.5. The van der Waals surface area contributed by atoms with Crippen molar-refractivity contribution in [3.63, 3.8) is 0 Å². The second kappa shape index (κ2) is 15.7. The van der Waals surface area contributed by atoms with E-state index in [2.05, 4.69) is 70.9 Å². The first-order valence-electron chi connectivity index (χ1n) is 16.3. The fourth-order valence-electron chi connectivity index (χ4n) is 6.85. The molecule has 1 saturated heterocycles. The van der Waals surface area contributed by atoms with Gasteiger partial charge in [0.1, 0.15) is 0 Å². The minimum absolute atomic E-state index is 0.0634. The van der Waals surface area contributed by atoms with Crippen LogP contribution in [-0.4, -0.2) is 63.4 Å². The van der Waals surface area contributed by atoms with Gasteiger partial charge < -0.3 is 24.4 Å². The number of thiophene rings is 1. The summed E-state index contributed by atoms with van der Waals surface area (Å²) in [7, 11) is 1.36. The van der Waals surface area contributed by atoms with Crippen LogP contribution >= 0.6 is 11.3 Å². The first kappa shape index (κ1) is 33.6. The molecule has 5 rings (SSSR count). The van der Waals surface area contributed by atoms with Crippen molar-refractivity contribution in [2.75, 3.05) is 46.6 Å². The molecular weight excluding hydrogens is 596 g/mol. The van der Waals surface area contributed by atoms with E-state index in [0.29, 0.717) is 42.2 Å². The van der Waals surface area contributed by atoms with Gasteiger partial charge in [-0.25, -0.2) is 9.59 Å². The third kappa shape index (κ3) is 7.63. The maximum absolute atomic E-state index is 13.4. The van der Waals surface area contributed by atoms with E-state index in [4.69, 9.17) is 14.2 Å². The molecule has 0 bridgehead atoms. The second-order valence-corrected chi connectivity index (χ2v) is 13.5. The van der Waals surface area contributed by atoms with E-state index < -0.39 is 17.9 Å². The Labute approximate surface area is 277 Å². The highest BCUT2D eigenvalue weighted by Gasteiger charge is 2.39. The molecule has 46 heavy (non-hydrogen) atoms. The smallest absolute Gasteiger partial charge is 0.336 e. The SMILES string of the molecule is COC(=O)C1=C(C)NC(C)=C(C(=O)OCCCOCCCN2CCC(c3ccccc3)(c3ccccc3)CC2)C1c1ccc(C)s1. The quantitative estimate of drug-likeness (QED) is 0.161. The van der Waals surface area contributed by atoms with Crippen LogP contribution in [0, 0.1) is 6.92 Å². The van der Waals surface area contributed by atoms with Crippen LogP contribution < -0.4 is 5.32 Å². The number of methoxy groups -OCH3 is 1. The van der Waals surface area contributed by atoms with Crippen molar-refractivity contribution >= 4 is 23.3 Å². The zero-order chi connectivity index (χ0) is 32.5. The molecule has 0 radical (unpaired) electrons. The molecule has 1 N–H and O–H groups in total. The Balaban J connectivity index is 1.05. The third-order valence-corrected chi connectivity index (χ3v) is 10.3. The molecular formula is C38H46N2O5S. The average Bonchev–Trinajstić information content (AvgIpc) is 3.52. The molecule has 2 aliphatic rings. The molecule has 0 saturated carbocycles. The highest BCUT2D eigenvalue weighted by atomic mass is 32.1. The number of carbonyl (C=O) groups is 2. The summed E-state index contributed by atoms with van der Waals surface area (Å²) in [4.78, 5) is 30.7. The van der Waals surface area contributed by atoms with E-state index in [9.17, 15) is 9.59 Å². The van der Waals surface area contributed by atoms with Crippen molar-refractivity contribution in [1.29, 1.82) is 0 Å². The van der Waals surface area contributed by atoms with Gasteiger partial charge in [-0.1, -0.05) is 60.7 Å². The maximum Gasteiger partial charge on any atom is 0.336 e. The molecule has 2 aromatic carbocycles. The summed E-state index contributed by atoms with van der Waals surface area (Å²) in [5, 5.41) is 3.19. The molecule has 1 fully saturated rings. The Morgan fingerprint density at radius 3 is 1.96 bits per heavy atom. The lowest BCUT2D eigenvalue weighted by molar-refractivity contribution is -0.139. The number of ether oxygens (including phenoxy) is 3. The molecule has 1 unspecified atom stereocenters. The molecule has 0 spiro atoms. The molecule has 8 heteroatoms. The van der Waals surface area contributed by atoms with Gasteiger partial charge in [0.25, 0.3) is 0 Å². The van der Waals surface area contributed by atoms with Crippen molar-refractivity contribution in [3.05, 3.63) is 116 Å². The Morgan fingerprint density at radius 1 is 0.804 bits per heavy atom. The molecule has 3 aromatic rings. The highest BCUT2D eigenvalue weighted by Crippen LogP contribution is 2.43. The summed E-state index contributed by atoms with van der Waals surface area (Å²) in [5.41, 5.74) is 5.12. The van der Waals surface area contributed by atoms with Gasteiger partial charge in [0.2, 0.25) is 0 Å². The topological polar surface area (TPSA) is 77.1 Å². The molecule has 0 aliphatic carbocycles. The number of hydrogen-bond acceptors (Lipinski definition) is 8. The van der Waals surface area contributed by atoms with Crippen molar-refractivity contribution in [2.24, 2.45) is 0 Å². The van der Waals surface area contributed by atoms with Crippen LogP contribution in [-0.2, 0) is 29.2 Å². The predicted octanol–water partition coefficient (Wildman–Crippen LogP) is 6.89. The number of dihydropyridines is 1. The highest BCUT2D eigenvalue weighted by molar-refractivity contribution is 7.12. The van der Waals surface area contributed by atoms with Crippen molar-refractivity contribution < 1.29 is 23.8 Å². The van der Waals surface area contributed by atoms with E-state index >= 15 is 0 Å². The molecule has 0 amide bonds. The standard InChI is InChI=1S/C38H46N2O5S/c1-27-17-18-32(46-27)35-33(36(41)43-4)28(2)39-29(3)34(35)37(42)45-26-12-25-44-24-11-21-40-22-19-38(20-23-40,30-13-7-5-8-14-30)31-15-9-6-10-16-31/h5-10,13-18,35,39H,11-12,19-26H2,1-4H3. The molecule has 1 atom stereocenters. The number of piperidine rings is 1.